The molecule has 2 aromatic rings. The van der Waals surface area contributed by atoms with Crippen molar-refractivity contribution in [3.63, 3.8) is 0 Å². The molecule has 23 heavy (non-hydrogen) atoms. The van der Waals surface area contributed by atoms with Gasteiger partial charge in [-0.05, 0) is 49.2 Å². The zero-order valence-electron chi connectivity index (χ0n) is 13.0. The van der Waals surface area contributed by atoms with Crippen molar-refractivity contribution in [2.24, 2.45) is 5.92 Å². The van der Waals surface area contributed by atoms with Crippen molar-refractivity contribution in [1.82, 2.24) is 0 Å². The van der Waals surface area contributed by atoms with Gasteiger partial charge in [-0.1, -0.05) is 12.1 Å². The molecule has 3 atom stereocenters. The Morgan fingerprint density at radius 1 is 1.04 bits per heavy atom. The second-order valence-corrected chi connectivity index (χ2v) is 6.56. The van der Waals surface area contributed by atoms with Crippen LogP contribution in [0.3, 0.4) is 0 Å². The maximum atomic E-state index is 14.1. The molecule has 0 radical (unpaired) electrons. The fourth-order valence-corrected chi connectivity index (χ4v) is 3.91. The summed E-state index contributed by atoms with van der Waals surface area (Å²) in [5.41, 5.74) is 7.19. The summed E-state index contributed by atoms with van der Waals surface area (Å²) in [6, 6.07) is 15.0. The average molecular weight is 312 g/mol. The van der Waals surface area contributed by atoms with Gasteiger partial charge in [0.05, 0.1) is 5.69 Å². The van der Waals surface area contributed by atoms with Crippen molar-refractivity contribution >= 4 is 11.4 Å². The van der Waals surface area contributed by atoms with E-state index >= 15 is 0 Å². The molecule has 2 saturated heterocycles. The van der Waals surface area contributed by atoms with Crippen LogP contribution in [0.5, 0.6) is 5.75 Å². The number of nitrogen functional groups attached to an aromatic ring is 1. The number of nitrogens with zero attached hydrogens (tertiary/aromatic N) is 1. The Balaban J connectivity index is 1.50. The summed E-state index contributed by atoms with van der Waals surface area (Å²) in [5.74, 6) is 1.18. The van der Waals surface area contributed by atoms with Gasteiger partial charge in [0, 0.05) is 30.6 Å². The van der Waals surface area contributed by atoms with Crippen LogP contribution in [0.25, 0.3) is 0 Å². The largest absolute Gasteiger partial charge is 0.490 e. The Labute approximate surface area is 135 Å². The Kier molecular flexibility index (Phi) is 3.60. The highest BCUT2D eigenvalue weighted by atomic mass is 19.1. The zero-order chi connectivity index (χ0) is 15.8. The molecular weight excluding hydrogens is 291 g/mol. The van der Waals surface area contributed by atoms with Crippen LogP contribution in [0.1, 0.15) is 19.3 Å². The lowest BCUT2D eigenvalue weighted by Crippen LogP contribution is -2.56. The fourth-order valence-electron chi connectivity index (χ4n) is 3.91. The second-order valence-electron chi connectivity index (χ2n) is 6.56. The fraction of sp³-hybridized carbons (Fsp3) is 0.368. The third-order valence-corrected chi connectivity index (χ3v) is 5.10. The molecule has 5 rings (SSSR count). The van der Waals surface area contributed by atoms with Gasteiger partial charge in [0.1, 0.15) is 17.7 Å². The first kappa shape index (κ1) is 14.4. The lowest BCUT2D eigenvalue weighted by Gasteiger charge is -2.50. The molecule has 1 aliphatic carbocycles. The van der Waals surface area contributed by atoms with E-state index in [0.717, 1.165) is 42.9 Å². The monoisotopic (exact) mass is 312 g/mol. The van der Waals surface area contributed by atoms with Crippen LogP contribution < -0.4 is 15.4 Å². The first-order valence-electron chi connectivity index (χ1n) is 8.24. The zero-order valence-corrected chi connectivity index (χ0v) is 13.0. The smallest absolute Gasteiger partial charge is 0.146 e. The van der Waals surface area contributed by atoms with E-state index in [2.05, 4.69) is 4.90 Å². The molecule has 0 amide bonds. The van der Waals surface area contributed by atoms with E-state index in [1.807, 2.05) is 36.4 Å². The lowest BCUT2D eigenvalue weighted by molar-refractivity contribution is 0.0569. The van der Waals surface area contributed by atoms with Crippen LogP contribution in [-0.4, -0.2) is 18.7 Å². The first-order valence-corrected chi connectivity index (χ1v) is 8.24. The van der Waals surface area contributed by atoms with Gasteiger partial charge >= 0.3 is 0 Å². The van der Waals surface area contributed by atoms with E-state index < -0.39 is 0 Å². The summed E-state index contributed by atoms with van der Waals surface area (Å²) in [5, 5.41) is 0. The first-order chi connectivity index (χ1) is 11.2. The number of anilines is 2. The number of rotatable bonds is 3. The number of halogens is 1. The Hall–Kier alpha value is -2.23. The molecular formula is C19H21FN2O. The second kappa shape index (κ2) is 5.76. The quantitative estimate of drug-likeness (QED) is 0.875. The summed E-state index contributed by atoms with van der Waals surface area (Å²) in [4.78, 5) is 2.23. The molecule has 0 aromatic heterocycles. The molecule has 2 heterocycles. The Bertz CT molecular complexity index is 688. The highest BCUT2D eigenvalue weighted by Crippen LogP contribution is 2.40. The predicted molar refractivity (Wildman–Crippen MR) is 90.1 cm³/mol. The maximum Gasteiger partial charge on any atom is 0.146 e. The minimum absolute atomic E-state index is 0.129. The van der Waals surface area contributed by atoms with Crippen LogP contribution in [0, 0.1) is 11.7 Å². The van der Waals surface area contributed by atoms with E-state index in [4.69, 9.17) is 10.5 Å². The molecule has 120 valence electrons. The number of hydrogen-bond donors (Lipinski definition) is 1. The number of benzene rings is 2. The molecule has 2 aliphatic heterocycles. The number of ether oxygens (including phenoxy) is 1. The molecule has 3 fully saturated rings. The Morgan fingerprint density at radius 3 is 2.52 bits per heavy atom. The maximum absolute atomic E-state index is 14.1. The third-order valence-electron chi connectivity index (χ3n) is 5.10. The standard InChI is InChI=1S/C19H21FN2O/c20-17-3-1-2-4-18(17)22-12-13-5-8-15(22)11-19(13)23-16-9-6-14(21)7-10-16/h1-4,6-7,9-10,13,15,19H,5,8,11-12,21H2. The van der Waals surface area contributed by atoms with Gasteiger partial charge in [-0.15, -0.1) is 0 Å². The molecule has 1 saturated carbocycles. The van der Waals surface area contributed by atoms with Crippen LogP contribution in [0.4, 0.5) is 15.8 Å². The van der Waals surface area contributed by atoms with Crippen LogP contribution in [0.15, 0.2) is 48.5 Å². The number of fused-ring (bicyclic) bond motifs is 3. The van der Waals surface area contributed by atoms with E-state index in [1.54, 1.807) is 12.1 Å². The average Bonchev–Trinajstić information content (AvgIpc) is 2.58. The summed E-state index contributed by atoms with van der Waals surface area (Å²) < 4.78 is 20.3. The minimum atomic E-state index is -0.129. The normalized spacial score (nSPS) is 26.3. The van der Waals surface area contributed by atoms with E-state index in [9.17, 15) is 4.39 Å². The van der Waals surface area contributed by atoms with Gasteiger partial charge < -0.3 is 15.4 Å². The lowest BCUT2D eigenvalue weighted by atomic mass is 9.77. The van der Waals surface area contributed by atoms with E-state index in [1.165, 1.54) is 0 Å². The van der Waals surface area contributed by atoms with E-state index in [0.29, 0.717) is 12.0 Å². The van der Waals surface area contributed by atoms with Gasteiger partial charge in [-0.25, -0.2) is 4.39 Å². The highest BCUT2D eigenvalue weighted by molar-refractivity contribution is 5.50. The van der Waals surface area contributed by atoms with Crippen molar-refractivity contribution in [3.05, 3.63) is 54.3 Å². The number of hydrogen-bond acceptors (Lipinski definition) is 3. The summed E-state index contributed by atoms with van der Waals surface area (Å²) in [6.07, 6.45) is 3.42. The molecule has 4 heteroatoms. The molecule has 3 nitrogen and oxygen atoms in total. The molecule has 0 spiro atoms. The molecule has 2 bridgehead atoms. The SMILES string of the molecule is Nc1ccc(OC2CC3CCC2CN3c2ccccc2F)cc1. The number of para-hydroxylation sites is 1. The van der Waals surface area contributed by atoms with Crippen molar-refractivity contribution < 1.29 is 9.13 Å². The molecule has 2 aromatic carbocycles. The summed E-state index contributed by atoms with van der Waals surface area (Å²) in [6.45, 7) is 0.866. The van der Waals surface area contributed by atoms with Gasteiger partial charge in [0.2, 0.25) is 0 Å². The van der Waals surface area contributed by atoms with Gasteiger partial charge in [0.25, 0.3) is 0 Å². The van der Waals surface area contributed by atoms with Crippen LogP contribution in [-0.2, 0) is 0 Å². The number of piperidine rings is 2. The minimum Gasteiger partial charge on any atom is -0.490 e. The van der Waals surface area contributed by atoms with Gasteiger partial charge in [0.15, 0.2) is 0 Å². The molecule has 3 unspecified atom stereocenters. The van der Waals surface area contributed by atoms with Crippen molar-refractivity contribution in [2.75, 3.05) is 17.2 Å². The van der Waals surface area contributed by atoms with E-state index in [-0.39, 0.29) is 11.9 Å². The highest BCUT2D eigenvalue weighted by Gasteiger charge is 2.42. The number of nitrogens with two attached hydrogens (primary N) is 1. The van der Waals surface area contributed by atoms with Gasteiger partial charge in [-0.2, -0.15) is 0 Å². The summed E-state index contributed by atoms with van der Waals surface area (Å²) >= 11 is 0. The molecule has 3 aliphatic rings. The molecule has 2 N–H and O–H groups in total. The Morgan fingerprint density at radius 2 is 1.83 bits per heavy atom. The van der Waals surface area contributed by atoms with Crippen molar-refractivity contribution in [1.29, 1.82) is 0 Å². The van der Waals surface area contributed by atoms with Crippen LogP contribution in [0.2, 0.25) is 0 Å². The van der Waals surface area contributed by atoms with Crippen LogP contribution >= 0.6 is 0 Å². The third kappa shape index (κ3) is 2.74. The predicted octanol–water partition coefficient (Wildman–Crippen LogP) is 3.84. The van der Waals surface area contributed by atoms with Gasteiger partial charge in [-0.3, -0.25) is 0 Å². The van der Waals surface area contributed by atoms with Crippen molar-refractivity contribution in [3.8, 4) is 5.75 Å². The summed E-state index contributed by atoms with van der Waals surface area (Å²) in [7, 11) is 0. The van der Waals surface area contributed by atoms with Crippen molar-refractivity contribution in [2.45, 2.75) is 31.4 Å². The topological polar surface area (TPSA) is 38.5 Å².